The van der Waals surface area contributed by atoms with E-state index in [-0.39, 0.29) is 17.7 Å². The van der Waals surface area contributed by atoms with Crippen LogP contribution in [0.15, 0.2) is 24.3 Å². The number of para-hydroxylation sites is 1. The topological polar surface area (TPSA) is 58.6 Å². The van der Waals surface area contributed by atoms with Gasteiger partial charge >= 0.3 is 0 Å². The normalized spacial score (nSPS) is 18.4. The molecule has 0 radical (unpaired) electrons. The molecule has 0 saturated carbocycles. The van der Waals surface area contributed by atoms with Crippen LogP contribution >= 0.6 is 0 Å². The van der Waals surface area contributed by atoms with Gasteiger partial charge < -0.3 is 15.0 Å². The first kappa shape index (κ1) is 17.3. The molecular formula is C18H26N2O3. The maximum atomic E-state index is 12.7. The third-order valence-corrected chi connectivity index (χ3v) is 4.45. The number of carbonyl (C=O) groups is 2. The van der Waals surface area contributed by atoms with E-state index in [2.05, 4.69) is 5.32 Å². The van der Waals surface area contributed by atoms with Crippen molar-refractivity contribution in [3.8, 4) is 5.75 Å². The molecule has 2 rings (SSSR count). The van der Waals surface area contributed by atoms with Gasteiger partial charge in [-0.1, -0.05) is 18.2 Å². The standard InChI is InChI=1S/C18H26N2O3/c1-13(21)20-11-7-8-14(12-20)17(22)19-18(2,3)15-9-5-6-10-16(15)23-4/h5-6,9-10,14H,7-8,11-12H2,1-4H3,(H,19,22). The fourth-order valence-corrected chi connectivity index (χ4v) is 3.12. The van der Waals surface area contributed by atoms with Crippen molar-refractivity contribution in [1.29, 1.82) is 0 Å². The molecule has 1 atom stereocenters. The van der Waals surface area contributed by atoms with E-state index in [0.29, 0.717) is 6.54 Å². The first-order valence-corrected chi connectivity index (χ1v) is 8.06. The average Bonchev–Trinajstić information content (AvgIpc) is 2.54. The lowest BCUT2D eigenvalue weighted by molar-refractivity contribution is -0.134. The number of piperidine rings is 1. The van der Waals surface area contributed by atoms with Crippen molar-refractivity contribution in [3.05, 3.63) is 29.8 Å². The van der Waals surface area contributed by atoms with Gasteiger partial charge in [-0.2, -0.15) is 0 Å². The van der Waals surface area contributed by atoms with Gasteiger partial charge in [0.1, 0.15) is 5.75 Å². The molecule has 1 unspecified atom stereocenters. The first-order chi connectivity index (χ1) is 10.8. The molecule has 23 heavy (non-hydrogen) atoms. The van der Waals surface area contributed by atoms with Crippen molar-refractivity contribution in [2.75, 3.05) is 20.2 Å². The summed E-state index contributed by atoms with van der Waals surface area (Å²) in [4.78, 5) is 26.0. The Morgan fingerprint density at radius 1 is 1.30 bits per heavy atom. The van der Waals surface area contributed by atoms with Crippen molar-refractivity contribution in [3.63, 3.8) is 0 Å². The third kappa shape index (κ3) is 4.03. The van der Waals surface area contributed by atoms with Gasteiger partial charge in [0.05, 0.1) is 18.6 Å². The number of rotatable bonds is 4. The summed E-state index contributed by atoms with van der Waals surface area (Å²) < 4.78 is 5.40. The number of benzene rings is 1. The van der Waals surface area contributed by atoms with E-state index in [0.717, 1.165) is 30.7 Å². The third-order valence-electron chi connectivity index (χ3n) is 4.45. The fourth-order valence-electron chi connectivity index (χ4n) is 3.12. The number of likely N-dealkylation sites (tertiary alicyclic amines) is 1. The minimum absolute atomic E-state index is 0.00754. The van der Waals surface area contributed by atoms with Crippen LogP contribution in [0.3, 0.4) is 0 Å². The highest BCUT2D eigenvalue weighted by molar-refractivity contribution is 5.81. The van der Waals surface area contributed by atoms with Crippen molar-refractivity contribution in [1.82, 2.24) is 10.2 Å². The molecule has 5 nitrogen and oxygen atoms in total. The van der Waals surface area contributed by atoms with Crippen LogP contribution in [0.25, 0.3) is 0 Å². The number of hydrogen-bond acceptors (Lipinski definition) is 3. The molecule has 126 valence electrons. The lowest BCUT2D eigenvalue weighted by atomic mass is 9.90. The summed E-state index contributed by atoms with van der Waals surface area (Å²) in [5.41, 5.74) is 0.400. The van der Waals surface area contributed by atoms with Crippen molar-refractivity contribution >= 4 is 11.8 Å². The number of nitrogens with one attached hydrogen (secondary N) is 1. The predicted octanol–water partition coefficient (Wildman–Crippen LogP) is 2.31. The number of amides is 2. The molecule has 1 aliphatic heterocycles. The summed E-state index contributed by atoms with van der Waals surface area (Å²) in [6.45, 7) is 6.74. The van der Waals surface area contributed by atoms with E-state index >= 15 is 0 Å². The Labute approximate surface area is 138 Å². The van der Waals surface area contributed by atoms with Crippen LogP contribution in [-0.4, -0.2) is 36.9 Å². The molecular weight excluding hydrogens is 292 g/mol. The molecule has 0 aromatic heterocycles. The zero-order valence-corrected chi connectivity index (χ0v) is 14.4. The average molecular weight is 318 g/mol. The summed E-state index contributed by atoms with van der Waals surface area (Å²) in [6.07, 6.45) is 1.68. The van der Waals surface area contributed by atoms with Crippen molar-refractivity contribution in [2.45, 2.75) is 39.2 Å². The molecule has 1 N–H and O–H groups in total. The second-order valence-electron chi connectivity index (χ2n) is 6.62. The molecule has 1 heterocycles. The fraction of sp³-hybridized carbons (Fsp3) is 0.556. The van der Waals surface area contributed by atoms with E-state index in [1.807, 2.05) is 38.1 Å². The smallest absolute Gasteiger partial charge is 0.225 e. The molecule has 2 amide bonds. The van der Waals surface area contributed by atoms with Gasteiger partial charge in [0.15, 0.2) is 0 Å². The Morgan fingerprint density at radius 2 is 2.00 bits per heavy atom. The van der Waals surface area contributed by atoms with Crippen LogP contribution < -0.4 is 10.1 Å². The van der Waals surface area contributed by atoms with Gasteiger partial charge in [-0.3, -0.25) is 9.59 Å². The Balaban J connectivity index is 2.10. The highest BCUT2D eigenvalue weighted by atomic mass is 16.5. The Hall–Kier alpha value is -2.04. The number of carbonyl (C=O) groups excluding carboxylic acids is 2. The molecule has 1 aliphatic rings. The van der Waals surface area contributed by atoms with Crippen LogP contribution in [0.1, 0.15) is 39.2 Å². The second-order valence-corrected chi connectivity index (χ2v) is 6.62. The minimum Gasteiger partial charge on any atom is -0.496 e. The van der Waals surface area contributed by atoms with E-state index in [1.54, 1.807) is 18.9 Å². The lowest BCUT2D eigenvalue weighted by Crippen LogP contribution is -2.49. The Kier molecular flexibility index (Phi) is 5.29. The van der Waals surface area contributed by atoms with Gasteiger partial charge in [0.2, 0.25) is 11.8 Å². The molecule has 1 aromatic carbocycles. The quantitative estimate of drug-likeness (QED) is 0.927. The molecule has 0 spiro atoms. The van der Waals surface area contributed by atoms with E-state index < -0.39 is 5.54 Å². The lowest BCUT2D eigenvalue weighted by Gasteiger charge is -2.35. The summed E-state index contributed by atoms with van der Waals surface area (Å²) in [6, 6.07) is 7.69. The van der Waals surface area contributed by atoms with Crippen LogP contribution in [0.2, 0.25) is 0 Å². The predicted molar refractivity (Wildman–Crippen MR) is 89.1 cm³/mol. The molecule has 0 bridgehead atoms. The van der Waals surface area contributed by atoms with Crippen molar-refractivity contribution in [2.24, 2.45) is 5.92 Å². The van der Waals surface area contributed by atoms with Gasteiger partial charge in [-0.15, -0.1) is 0 Å². The number of nitrogens with zero attached hydrogens (tertiary/aromatic N) is 1. The monoisotopic (exact) mass is 318 g/mol. The summed E-state index contributed by atoms with van der Waals surface area (Å²) in [7, 11) is 1.63. The number of hydrogen-bond donors (Lipinski definition) is 1. The van der Waals surface area contributed by atoms with E-state index in [9.17, 15) is 9.59 Å². The largest absolute Gasteiger partial charge is 0.496 e. The second kappa shape index (κ2) is 7.02. The minimum atomic E-state index is -0.539. The van der Waals surface area contributed by atoms with Crippen molar-refractivity contribution < 1.29 is 14.3 Å². The van der Waals surface area contributed by atoms with Crippen LogP contribution in [0.5, 0.6) is 5.75 Å². The SMILES string of the molecule is COc1ccccc1C(C)(C)NC(=O)C1CCCN(C(C)=O)C1. The summed E-state index contributed by atoms with van der Waals surface area (Å²) >= 11 is 0. The molecule has 1 fully saturated rings. The Bertz CT molecular complexity index is 583. The van der Waals surface area contributed by atoms with E-state index in [1.165, 1.54) is 0 Å². The zero-order chi connectivity index (χ0) is 17.0. The molecule has 5 heteroatoms. The molecule has 0 aliphatic carbocycles. The molecule has 1 aromatic rings. The maximum absolute atomic E-state index is 12.7. The highest BCUT2D eigenvalue weighted by Gasteiger charge is 2.32. The molecule has 1 saturated heterocycles. The Morgan fingerprint density at radius 3 is 2.65 bits per heavy atom. The van der Waals surface area contributed by atoms with E-state index in [4.69, 9.17) is 4.74 Å². The van der Waals surface area contributed by atoms with Gasteiger partial charge in [-0.05, 0) is 32.8 Å². The van der Waals surface area contributed by atoms with Gasteiger partial charge in [-0.25, -0.2) is 0 Å². The maximum Gasteiger partial charge on any atom is 0.225 e. The van der Waals surface area contributed by atoms with Gasteiger partial charge in [0, 0.05) is 25.6 Å². The number of ether oxygens (including phenoxy) is 1. The van der Waals surface area contributed by atoms with Crippen LogP contribution in [0.4, 0.5) is 0 Å². The summed E-state index contributed by atoms with van der Waals surface area (Å²) in [5.74, 6) is 0.631. The first-order valence-electron chi connectivity index (χ1n) is 8.06. The summed E-state index contributed by atoms with van der Waals surface area (Å²) in [5, 5.41) is 3.12. The van der Waals surface area contributed by atoms with Crippen LogP contribution in [-0.2, 0) is 15.1 Å². The zero-order valence-electron chi connectivity index (χ0n) is 14.4. The van der Waals surface area contributed by atoms with Crippen LogP contribution in [0, 0.1) is 5.92 Å². The highest BCUT2D eigenvalue weighted by Crippen LogP contribution is 2.30. The van der Waals surface area contributed by atoms with Gasteiger partial charge in [0.25, 0.3) is 0 Å². The number of methoxy groups -OCH3 is 1.